The van der Waals surface area contributed by atoms with Gasteiger partial charge >= 0.3 is 0 Å². The first kappa shape index (κ1) is 21.7. The van der Waals surface area contributed by atoms with Crippen molar-refractivity contribution in [2.24, 2.45) is 0 Å². The molecule has 3 aromatic heterocycles. The summed E-state index contributed by atoms with van der Waals surface area (Å²) in [6, 6.07) is 17.6. The van der Waals surface area contributed by atoms with Gasteiger partial charge in [-0.1, -0.05) is 18.2 Å². The molecule has 1 aliphatic rings. The van der Waals surface area contributed by atoms with Crippen molar-refractivity contribution >= 4 is 28.3 Å². The van der Waals surface area contributed by atoms with Crippen LogP contribution in [0.2, 0.25) is 0 Å². The van der Waals surface area contributed by atoms with Crippen LogP contribution in [0.25, 0.3) is 21.6 Å². The number of amides is 1. The lowest BCUT2D eigenvalue weighted by atomic mass is 10.2. The molecule has 1 atom stereocenters. The molecule has 3 N–H and O–H groups in total. The SMILES string of the molecule is O=C(NOC1CCCCO1)c1ccc(-c2cccc(CNCc3nc4ccccc4[nH]3)n2)s1. The van der Waals surface area contributed by atoms with Crippen LogP contribution in [0, 0.1) is 0 Å². The molecule has 0 aliphatic carbocycles. The Morgan fingerprint density at radius 2 is 2.03 bits per heavy atom. The van der Waals surface area contributed by atoms with Gasteiger partial charge in [0.2, 0.25) is 0 Å². The highest BCUT2D eigenvalue weighted by Crippen LogP contribution is 2.27. The van der Waals surface area contributed by atoms with E-state index in [0.717, 1.165) is 52.4 Å². The second-order valence-corrected chi connectivity index (χ2v) is 8.91. The smallest absolute Gasteiger partial charge is 0.285 e. The third kappa shape index (κ3) is 5.45. The van der Waals surface area contributed by atoms with Crippen molar-refractivity contribution in [2.75, 3.05) is 6.61 Å². The van der Waals surface area contributed by atoms with Gasteiger partial charge in [-0.15, -0.1) is 11.3 Å². The molecule has 170 valence electrons. The largest absolute Gasteiger partial charge is 0.350 e. The fourth-order valence-electron chi connectivity index (χ4n) is 3.68. The molecular weight excluding hydrogens is 438 g/mol. The monoisotopic (exact) mass is 463 g/mol. The van der Waals surface area contributed by atoms with E-state index in [2.05, 4.69) is 20.8 Å². The number of rotatable bonds is 8. The third-order valence-corrected chi connectivity index (χ3v) is 6.45. The summed E-state index contributed by atoms with van der Waals surface area (Å²) < 4.78 is 5.47. The number of thiophene rings is 1. The number of benzene rings is 1. The lowest BCUT2D eigenvalue weighted by molar-refractivity contribution is -0.186. The van der Waals surface area contributed by atoms with Crippen molar-refractivity contribution in [1.82, 2.24) is 25.7 Å². The Morgan fingerprint density at radius 1 is 1.09 bits per heavy atom. The summed E-state index contributed by atoms with van der Waals surface area (Å²) in [5.41, 5.74) is 6.25. The van der Waals surface area contributed by atoms with Crippen LogP contribution < -0.4 is 10.8 Å². The number of pyridine rings is 1. The van der Waals surface area contributed by atoms with Gasteiger partial charge in [0.15, 0.2) is 6.29 Å². The van der Waals surface area contributed by atoms with Crippen LogP contribution >= 0.6 is 11.3 Å². The normalized spacial score (nSPS) is 16.2. The molecule has 5 rings (SSSR count). The van der Waals surface area contributed by atoms with Crippen molar-refractivity contribution in [3.8, 4) is 10.6 Å². The molecule has 1 aliphatic heterocycles. The zero-order valence-corrected chi connectivity index (χ0v) is 18.9. The minimum atomic E-state index is -0.368. The van der Waals surface area contributed by atoms with E-state index >= 15 is 0 Å². The molecule has 1 unspecified atom stereocenters. The maximum atomic E-state index is 12.4. The number of H-pyrrole nitrogens is 1. The summed E-state index contributed by atoms with van der Waals surface area (Å²) in [4.78, 5) is 31.9. The van der Waals surface area contributed by atoms with Crippen molar-refractivity contribution in [1.29, 1.82) is 0 Å². The van der Waals surface area contributed by atoms with Gasteiger partial charge in [-0.2, -0.15) is 0 Å². The molecule has 1 aromatic carbocycles. The quantitative estimate of drug-likeness (QED) is 0.339. The van der Waals surface area contributed by atoms with Gasteiger partial charge < -0.3 is 15.0 Å². The van der Waals surface area contributed by atoms with Gasteiger partial charge in [-0.05, 0) is 49.2 Å². The molecule has 9 heteroatoms. The van der Waals surface area contributed by atoms with Crippen molar-refractivity contribution in [3.63, 3.8) is 0 Å². The Balaban J connectivity index is 1.16. The topological polar surface area (TPSA) is 101 Å². The van der Waals surface area contributed by atoms with E-state index in [4.69, 9.17) is 14.6 Å². The van der Waals surface area contributed by atoms with E-state index in [1.54, 1.807) is 6.07 Å². The molecular formula is C24H25N5O3S. The van der Waals surface area contributed by atoms with Gasteiger partial charge in [-0.25, -0.2) is 15.3 Å². The summed E-state index contributed by atoms with van der Waals surface area (Å²) in [5.74, 6) is 0.617. The average molecular weight is 464 g/mol. The van der Waals surface area contributed by atoms with Crippen LogP contribution in [0.3, 0.4) is 0 Å². The Morgan fingerprint density at radius 3 is 2.91 bits per heavy atom. The van der Waals surface area contributed by atoms with E-state index in [9.17, 15) is 4.79 Å². The first-order chi connectivity index (χ1) is 16.2. The van der Waals surface area contributed by atoms with Crippen LogP contribution in [0.15, 0.2) is 54.6 Å². The molecule has 4 aromatic rings. The van der Waals surface area contributed by atoms with Gasteiger partial charge in [0.25, 0.3) is 5.91 Å². The molecule has 1 fully saturated rings. The fraction of sp³-hybridized carbons (Fsp3) is 0.292. The lowest BCUT2D eigenvalue weighted by Crippen LogP contribution is -2.32. The highest BCUT2D eigenvalue weighted by atomic mass is 32.1. The van der Waals surface area contributed by atoms with Crippen LogP contribution in [-0.2, 0) is 22.7 Å². The van der Waals surface area contributed by atoms with E-state index in [1.165, 1.54) is 11.3 Å². The van der Waals surface area contributed by atoms with Crippen LogP contribution in [0.1, 0.15) is 40.5 Å². The van der Waals surface area contributed by atoms with E-state index < -0.39 is 0 Å². The zero-order chi connectivity index (χ0) is 22.5. The van der Waals surface area contributed by atoms with Crippen LogP contribution in [0.4, 0.5) is 0 Å². The summed E-state index contributed by atoms with van der Waals surface area (Å²) >= 11 is 1.38. The van der Waals surface area contributed by atoms with Crippen molar-refractivity contribution in [3.05, 3.63) is 71.0 Å². The average Bonchev–Trinajstić information content (AvgIpc) is 3.51. The second-order valence-electron chi connectivity index (χ2n) is 7.83. The van der Waals surface area contributed by atoms with Crippen molar-refractivity contribution < 1.29 is 14.4 Å². The Kier molecular flexibility index (Phi) is 6.73. The van der Waals surface area contributed by atoms with E-state index in [1.807, 2.05) is 48.5 Å². The molecule has 8 nitrogen and oxygen atoms in total. The van der Waals surface area contributed by atoms with Gasteiger partial charge in [-0.3, -0.25) is 9.78 Å². The highest BCUT2D eigenvalue weighted by molar-refractivity contribution is 7.17. The molecule has 33 heavy (non-hydrogen) atoms. The summed E-state index contributed by atoms with van der Waals surface area (Å²) in [5, 5.41) is 3.38. The number of carbonyl (C=O) groups excluding carboxylic acids is 1. The van der Waals surface area contributed by atoms with E-state index in [0.29, 0.717) is 24.6 Å². The Labute approximate surface area is 195 Å². The third-order valence-electron chi connectivity index (χ3n) is 5.35. The molecule has 0 saturated carbocycles. The maximum Gasteiger partial charge on any atom is 0.285 e. The number of fused-ring (bicyclic) bond motifs is 1. The Hall–Kier alpha value is -3.11. The molecule has 1 saturated heterocycles. The van der Waals surface area contributed by atoms with E-state index in [-0.39, 0.29) is 12.2 Å². The standard InChI is InChI=1S/C24H25N5O3S/c30-24(29-32-23-10-3-4-13-31-23)21-12-11-20(33-21)19-9-5-6-16(26-19)14-25-15-22-27-17-7-1-2-8-18(17)28-22/h1-2,5-9,11-12,23,25H,3-4,10,13-15H2,(H,27,28)(H,29,30). The number of imidazole rings is 1. The van der Waals surface area contributed by atoms with Gasteiger partial charge in [0.1, 0.15) is 5.82 Å². The molecule has 0 bridgehead atoms. The summed E-state index contributed by atoms with van der Waals surface area (Å²) in [7, 11) is 0. The predicted molar refractivity (Wildman–Crippen MR) is 126 cm³/mol. The number of nitrogens with zero attached hydrogens (tertiary/aromatic N) is 2. The predicted octanol–water partition coefficient (Wildman–Crippen LogP) is 4.16. The number of hydroxylamine groups is 1. The van der Waals surface area contributed by atoms with Crippen molar-refractivity contribution in [2.45, 2.75) is 38.6 Å². The number of hydrogen-bond donors (Lipinski definition) is 3. The molecule has 4 heterocycles. The fourth-order valence-corrected chi connectivity index (χ4v) is 4.55. The highest BCUT2D eigenvalue weighted by Gasteiger charge is 2.17. The number of carbonyl (C=O) groups is 1. The number of hydrogen-bond acceptors (Lipinski definition) is 7. The first-order valence-electron chi connectivity index (χ1n) is 11.0. The van der Waals surface area contributed by atoms with Gasteiger partial charge in [0.05, 0.1) is 38.7 Å². The van der Waals surface area contributed by atoms with Crippen LogP contribution in [-0.4, -0.2) is 33.8 Å². The second kappa shape index (κ2) is 10.2. The summed E-state index contributed by atoms with van der Waals surface area (Å²) in [6.45, 7) is 1.90. The number of aromatic nitrogens is 3. The summed E-state index contributed by atoms with van der Waals surface area (Å²) in [6.07, 6.45) is 2.49. The number of para-hydroxylation sites is 2. The number of ether oxygens (including phenoxy) is 1. The van der Waals surface area contributed by atoms with Crippen LogP contribution in [0.5, 0.6) is 0 Å². The number of nitrogens with one attached hydrogen (secondary N) is 3. The first-order valence-corrected chi connectivity index (χ1v) is 11.8. The number of aromatic amines is 1. The molecule has 1 amide bonds. The molecule has 0 spiro atoms. The minimum absolute atomic E-state index is 0.274. The minimum Gasteiger partial charge on any atom is -0.350 e. The van der Waals surface area contributed by atoms with Gasteiger partial charge in [0, 0.05) is 19.6 Å². The maximum absolute atomic E-state index is 12.4. The Bertz CT molecular complexity index is 1200. The molecule has 0 radical (unpaired) electrons. The lowest BCUT2D eigenvalue weighted by Gasteiger charge is -2.21. The zero-order valence-electron chi connectivity index (χ0n) is 18.0.